The molecule has 5 nitrogen and oxygen atoms in total. The SMILES string of the molecule is CC1(C)COC2(CCC3=C4C(c5ccc(C#CCN)cc5)C[C@]5(C)C(O)CCC5C4CCC3(O)C2)OC1. The number of aliphatic hydroxyl groups excluding tert-OH is 1. The van der Waals surface area contributed by atoms with Crippen molar-refractivity contribution in [1.82, 2.24) is 0 Å². The largest absolute Gasteiger partial charge is 0.393 e. The molecule has 0 radical (unpaired) electrons. The van der Waals surface area contributed by atoms with Crippen LogP contribution < -0.4 is 5.73 Å². The first-order chi connectivity index (χ1) is 17.6. The predicted octanol–water partition coefficient (Wildman–Crippen LogP) is 4.65. The van der Waals surface area contributed by atoms with E-state index in [1.54, 1.807) is 0 Å². The highest BCUT2D eigenvalue weighted by molar-refractivity contribution is 5.45. The van der Waals surface area contributed by atoms with Gasteiger partial charge in [0.2, 0.25) is 0 Å². The molecule has 200 valence electrons. The Hall–Kier alpha value is -1.68. The summed E-state index contributed by atoms with van der Waals surface area (Å²) >= 11 is 0. The zero-order valence-corrected chi connectivity index (χ0v) is 22.7. The minimum atomic E-state index is -0.888. The number of allylic oxidation sites excluding steroid dienone is 1. The van der Waals surface area contributed by atoms with Gasteiger partial charge in [0.1, 0.15) is 0 Å². The van der Waals surface area contributed by atoms with Crippen LogP contribution in [0.4, 0.5) is 0 Å². The van der Waals surface area contributed by atoms with Crippen LogP contribution in [0.15, 0.2) is 35.4 Å². The fourth-order valence-corrected chi connectivity index (χ4v) is 8.48. The first-order valence-corrected chi connectivity index (χ1v) is 14.3. The third-order valence-electron chi connectivity index (χ3n) is 10.5. The van der Waals surface area contributed by atoms with Gasteiger partial charge in [-0.1, -0.05) is 50.3 Å². The summed E-state index contributed by atoms with van der Waals surface area (Å²) in [6.45, 7) is 8.33. The quantitative estimate of drug-likeness (QED) is 0.382. The van der Waals surface area contributed by atoms with Crippen molar-refractivity contribution in [3.05, 3.63) is 46.5 Å². The maximum atomic E-state index is 12.2. The van der Waals surface area contributed by atoms with Crippen molar-refractivity contribution in [2.45, 2.75) is 95.5 Å². The Morgan fingerprint density at radius 2 is 1.76 bits per heavy atom. The average molecular weight is 506 g/mol. The highest BCUT2D eigenvalue weighted by Gasteiger charge is 2.60. The number of rotatable bonds is 1. The molecular weight excluding hydrogens is 462 g/mol. The second-order valence-electron chi connectivity index (χ2n) is 13.5. The highest BCUT2D eigenvalue weighted by Crippen LogP contribution is 2.65. The fraction of sp³-hybridized carbons (Fsp3) is 0.688. The van der Waals surface area contributed by atoms with Gasteiger partial charge in [-0.2, -0.15) is 0 Å². The van der Waals surface area contributed by atoms with Gasteiger partial charge in [0.05, 0.1) is 31.5 Å². The molecule has 6 atom stereocenters. The van der Waals surface area contributed by atoms with E-state index in [-0.39, 0.29) is 22.9 Å². The zero-order chi connectivity index (χ0) is 26.1. The van der Waals surface area contributed by atoms with Crippen molar-refractivity contribution < 1.29 is 19.7 Å². The Morgan fingerprint density at radius 3 is 2.46 bits per heavy atom. The van der Waals surface area contributed by atoms with Gasteiger partial charge in [0.25, 0.3) is 0 Å². The topological polar surface area (TPSA) is 84.9 Å². The Bertz CT molecular complexity index is 1130. The van der Waals surface area contributed by atoms with Crippen molar-refractivity contribution in [1.29, 1.82) is 0 Å². The predicted molar refractivity (Wildman–Crippen MR) is 144 cm³/mol. The van der Waals surface area contributed by atoms with E-state index in [0.29, 0.717) is 38.0 Å². The van der Waals surface area contributed by atoms with Crippen molar-refractivity contribution in [2.75, 3.05) is 19.8 Å². The van der Waals surface area contributed by atoms with Crippen LogP contribution in [0, 0.1) is 34.5 Å². The van der Waals surface area contributed by atoms with E-state index in [0.717, 1.165) is 50.5 Å². The molecular formula is C32H43NO4. The van der Waals surface area contributed by atoms with E-state index < -0.39 is 11.4 Å². The molecule has 37 heavy (non-hydrogen) atoms. The molecule has 0 amide bonds. The van der Waals surface area contributed by atoms with Crippen LogP contribution in [-0.2, 0) is 9.47 Å². The normalized spacial score (nSPS) is 39.8. The standard InChI is InChI=1S/C32H43NO4/c1-29(2)19-36-32(37-20-29)15-13-26-28-23(12-14-31(26,35)18-32)25-10-11-27(34)30(25,3)17-24(28)22-8-6-21(7-9-22)5-4-16-33/h6-9,23-25,27,34-35H,10-20,33H2,1-3H3/t23?,24?,25?,27?,30-,31?/m0/s1. The summed E-state index contributed by atoms with van der Waals surface area (Å²) in [6.07, 6.45) is 6.44. The summed E-state index contributed by atoms with van der Waals surface area (Å²) in [7, 11) is 0. The van der Waals surface area contributed by atoms with Crippen LogP contribution in [0.25, 0.3) is 0 Å². The Morgan fingerprint density at radius 1 is 1.03 bits per heavy atom. The van der Waals surface area contributed by atoms with Crippen molar-refractivity contribution in [3.63, 3.8) is 0 Å². The van der Waals surface area contributed by atoms with Crippen LogP contribution in [0.5, 0.6) is 0 Å². The lowest BCUT2D eigenvalue weighted by Crippen LogP contribution is -2.57. The number of ether oxygens (including phenoxy) is 2. The lowest BCUT2D eigenvalue weighted by Gasteiger charge is -2.57. The Labute approximate surface area is 221 Å². The van der Waals surface area contributed by atoms with Crippen molar-refractivity contribution in [2.24, 2.45) is 28.4 Å². The fourth-order valence-electron chi connectivity index (χ4n) is 8.48. The van der Waals surface area contributed by atoms with Gasteiger partial charge in [-0.25, -0.2) is 0 Å². The lowest BCUT2D eigenvalue weighted by atomic mass is 9.51. The van der Waals surface area contributed by atoms with Crippen LogP contribution in [0.1, 0.15) is 89.2 Å². The molecule has 4 fully saturated rings. The van der Waals surface area contributed by atoms with Gasteiger partial charge >= 0.3 is 0 Å². The molecule has 1 saturated heterocycles. The van der Waals surface area contributed by atoms with Gasteiger partial charge in [-0.15, -0.1) is 0 Å². The van der Waals surface area contributed by atoms with Crippen LogP contribution >= 0.6 is 0 Å². The number of nitrogens with two attached hydrogens (primary N) is 1. The number of hydrogen-bond donors (Lipinski definition) is 3. The molecule has 1 spiro atoms. The summed E-state index contributed by atoms with van der Waals surface area (Å²) < 4.78 is 12.7. The summed E-state index contributed by atoms with van der Waals surface area (Å²) in [5.74, 6) is 6.48. The molecule has 4 aliphatic carbocycles. The number of aliphatic hydroxyl groups is 2. The Balaban J connectivity index is 1.40. The summed E-state index contributed by atoms with van der Waals surface area (Å²) in [5.41, 5.74) is 9.53. The Kier molecular flexibility index (Phi) is 6.18. The van der Waals surface area contributed by atoms with Gasteiger partial charge in [0, 0.05) is 29.7 Å². The van der Waals surface area contributed by atoms with E-state index >= 15 is 0 Å². The molecule has 4 N–H and O–H groups in total. The number of hydrogen-bond acceptors (Lipinski definition) is 5. The molecule has 0 bridgehead atoms. The lowest BCUT2D eigenvalue weighted by molar-refractivity contribution is -0.322. The van der Waals surface area contributed by atoms with Crippen LogP contribution in [0.2, 0.25) is 0 Å². The highest BCUT2D eigenvalue weighted by atomic mass is 16.7. The molecule has 1 aromatic carbocycles. The molecule has 5 unspecified atom stereocenters. The molecule has 3 saturated carbocycles. The molecule has 1 heterocycles. The monoisotopic (exact) mass is 505 g/mol. The minimum absolute atomic E-state index is 0.00714. The van der Waals surface area contributed by atoms with Crippen molar-refractivity contribution in [3.8, 4) is 11.8 Å². The summed E-state index contributed by atoms with van der Waals surface area (Å²) in [4.78, 5) is 0. The van der Waals surface area contributed by atoms with Gasteiger partial charge in [-0.05, 0) is 79.0 Å². The van der Waals surface area contributed by atoms with E-state index in [1.165, 1.54) is 16.7 Å². The zero-order valence-electron chi connectivity index (χ0n) is 22.7. The van der Waals surface area contributed by atoms with Crippen LogP contribution in [0.3, 0.4) is 0 Å². The first-order valence-electron chi connectivity index (χ1n) is 14.3. The average Bonchev–Trinajstić information content (AvgIpc) is 3.18. The third kappa shape index (κ3) is 4.21. The smallest absolute Gasteiger partial charge is 0.171 e. The number of benzene rings is 1. The van der Waals surface area contributed by atoms with Gasteiger partial charge < -0.3 is 25.4 Å². The minimum Gasteiger partial charge on any atom is -0.393 e. The summed E-state index contributed by atoms with van der Waals surface area (Å²) in [5, 5.41) is 23.4. The maximum Gasteiger partial charge on any atom is 0.171 e. The van der Waals surface area contributed by atoms with E-state index in [1.807, 2.05) is 0 Å². The van der Waals surface area contributed by atoms with Gasteiger partial charge in [-0.3, -0.25) is 0 Å². The molecule has 6 rings (SSSR count). The van der Waals surface area contributed by atoms with Gasteiger partial charge in [0.15, 0.2) is 5.79 Å². The third-order valence-corrected chi connectivity index (χ3v) is 10.5. The van der Waals surface area contributed by atoms with E-state index in [2.05, 4.69) is 56.9 Å². The second-order valence-corrected chi connectivity index (χ2v) is 13.5. The molecule has 1 aliphatic heterocycles. The summed E-state index contributed by atoms with van der Waals surface area (Å²) in [6, 6.07) is 8.59. The molecule has 0 aromatic heterocycles. The second kappa shape index (κ2) is 8.93. The maximum absolute atomic E-state index is 12.2. The molecule has 1 aromatic rings. The van der Waals surface area contributed by atoms with E-state index in [4.69, 9.17) is 15.2 Å². The molecule has 5 aliphatic rings. The number of fused-ring (bicyclic) bond motifs is 4. The van der Waals surface area contributed by atoms with Crippen LogP contribution in [-0.4, -0.2) is 47.5 Å². The molecule has 5 heteroatoms. The first kappa shape index (κ1) is 25.6. The van der Waals surface area contributed by atoms with Crippen molar-refractivity contribution >= 4 is 0 Å². The van der Waals surface area contributed by atoms with E-state index in [9.17, 15) is 10.2 Å².